The summed E-state index contributed by atoms with van der Waals surface area (Å²) >= 11 is 0. The maximum atomic E-state index is 12.2. The van der Waals surface area contributed by atoms with Crippen molar-refractivity contribution in [1.29, 1.82) is 0 Å². The molecule has 1 atom stereocenters. The number of aromatic nitrogens is 1. The van der Waals surface area contributed by atoms with Crippen LogP contribution in [-0.4, -0.2) is 38.8 Å². The van der Waals surface area contributed by atoms with Gasteiger partial charge in [-0.3, -0.25) is 4.31 Å². The molecule has 0 saturated carbocycles. The average molecular weight is 283 g/mol. The van der Waals surface area contributed by atoms with Gasteiger partial charge >= 0.3 is 0 Å². The average Bonchev–Trinajstić information content (AvgIpc) is 2.46. The highest BCUT2D eigenvalue weighted by atomic mass is 32.2. The minimum Gasteiger partial charge on any atom is -0.314 e. The van der Waals surface area contributed by atoms with Crippen molar-refractivity contribution in [2.24, 2.45) is 0 Å². The first kappa shape index (κ1) is 14.3. The van der Waals surface area contributed by atoms with Crippen molar-refractivity contribution in [2.45, 2.75) is 31.7 Å². The zero-order chi connectivity index (χ0) is 13.7. The van der Waals surface area contributed by atoms with Crippen molar-refractivity contribution >= 4 is 15.8 Å². The van der Waals surface area contributed by atoms with Gasteiger partial charge in [0.15, 0.2) is 0 Å². The van der Waals surface area contributed by atoms with Crippen molar-refractivity contribution in [3.8, 4) is 0 Å². The standard InChI is InChI=1S/C13H21N3O2S/c1-16(13-7-3-5-10-15-13)19(17,18)11-8-12-6-2-4-9-14-12/h3,5,7,10,12,14H,2,4,6,8-9,11H2,1H3. The molecule has 1 aromatic heterocycles. The highest BCUT2D eigenvalue weighted by Gasteiger charge is 2.22. The lowest BCUT2D eigenvalue weighted by Crippen LogP contribution is -2.37. The molecule has 1 aliphatic rings. The minimum absolute atomic E-state index is 0.164. The van der Waals surface area contributed by atoms with Gasteiger partial charge in [-0.1, -0.05) is 12.5 Å². The van der Waals surface area contributed by atoms with Crippen LogP contribution in [0.25, 0.3) is 0 Å². The summed E-state index contributed by atoms with van der Waals surface area (Å²) in [4.78, 5) is 4.07. The van der Waals surface area contributed by atoms with Gasteiger partial charge in [-0.05, 0) is 37.9 Å². The van der Waals surface area contributed by atoms with E-state index in [1.807, 2.05) is 0 Å². The molecule has 2 heterocycles. The Morgan fingerprint density at radius 1 is 1.42 bits per heavy atom. The Morgan fingerprint density at radius 3 is 2.89 bits per heavy atom. The molecule has 19 heavy (non-hydrogen) atoms. The number of pyridine rings is 1. The molecule has 0 aromatic carbocycles. The van der Waals surface area contributed by atoms with Crippen molar-refractivity contribution in [1.82, 2.24) is 10.3 Å². The molecule has 1 aromatic rings. The third-order valence-electron chi connectivity index (χ3n) is 3.53. The number of sulfonamides is 1. The van der Waals surface area contributed by atoms with Gasteiger partial charge in [-0.25, -0.2) is 13.4 Å². The van der Waals surface area contributed by atoms with Crippen LogP contribution in [0.3, 0.4) is 0 Å². The van der Waals surface area contributed by atoms with Crippen LogP contribution in [0.4, 0.5) is 5.82 Å². The summed E-state index contributed by atoms with van der Waals surface area (Å²) in [5, 5.41) is 3.37. The van der Waals surface area contributed by atoms with E-state index in [1.165, 1.54) is 17.1 Å². The van der Waals surface area contributed by atoms with Crippen LogP contribution in [0, 0.1) is 0 Å². The summed E-state index contributed by atoms with van der Waals surface area (Å²) in [6.45, 7) is 1.00. The molecule has 1 aliphatic heterocycles. The molecule has 6 heteroatoms. The summed E-state index contributed by atoms with van der Waals surface area (Å²) < 4.78 is 25.7. The molecule has 1 fully saturated rings. The largest absolute Gasteiger partial charge is 0.314 e. The van der Waals surface area contributed by atoms with Gasteiger partial charge < -0.3 is 5.32 Å². The molecule has 1 N–H and O–H groups in total. The van der Waals surface area contributed by atoms with Gasteiger partial charge in [-0.2, -0.15) is 0 Å². The highest BCUT2D eigenvalue weighted by molar-refractivity contribution is 7.92. The summed E-state index contributed by atoms with van der Waals surface area (Å²) in [7, 11) is -1.72. The van der Waals surface area contributed by atoms with Crippen LogP contribution in [0.15, 0.2) is 24.4 Å². The Morgan fingerprint density at radius 2 is 2.26 bits per heavy atom. The maximum Gasteiger partial charge on any atom is 0.236 e. The molecule has 0 radical (unpaired) electrons. The molecule has 5 nitrogen and oxygen atoms in total. The molecule has 0 bridgehead atoms. The minimum atomic E-state index is -3.28. The Hall–Kier alpha value is -1.14. The SMILES string of the molecule is CN(c1ccccn1)S(=O)(=O)CCC1CCCCN1. The summed E-state index contributed by atoms with van der Waals surface area (Å²) in [6, 6.07) is 5.60. The van der Waals surface area contributed by atoms with Crippen molar-refractivity contribution in [3.63, 3.8) is 0 Å². The van der Waals surface area contributed by atoms with Gasteiger partial charge in [-0.15, -0.1) is 0 Å². The van der Waals surface area contributed by atoms with Crippen LogP contribution in [0.5, 0.6) is 0 Å². The Kier molecular flexibility index (Phi) is 4.76. The second-order valence-electron chi connectivity index (χ2n) is 4.91. The summed E-state index contributed by atoms with van der Waals surface area (Å²) in [5.74, 6) is 0.636. The summed E-state index contributed by atoms with van der Waals surface area (Å²) in [6.07, 6.45) is 5.72. The summed E-state index contributed by atoms with van der Waals surface area (Å²) in [5.41, 5.74) is 0. The van der Waals surface area contributed by atoms with Crippen molar-refractivity contribution in [3.05, 3.63) is 24.4 Å². The predicted octanol–water partition coefficient (Wildman–Crippen LogP) is 1.38. The van der Waals surface area contributed by atoms with Gasteiger partial charge in [0.05, 0.1) is 5.75 Å². The number of anilines is 1. The Labute approximate surface area is 115 Å². The first-order valence-corrected chi connectivity index (χ1v) is 8.31. The van der Waals surface area contributed by atoms with Gasteiger partial charge in [0.2, 0.25) is 10.0 Å². The number of hydrogen-bond acceptors (Lipinski definition) is 4. The number of piperidine rings is 1. The molecule has 0 amide bonds. The third kappa shape index (κ3) is 3.91. The normalized spacial score (nSPS) is 20.2. The maximum absolute atomic E-state index is 12.2. The van der Waals surface area contributed by atoms with Crippen molar-refractivity contribution in [2.75, 3.05) is 23.7 Å². The zero-order valence-corrected chi connectivity index (χ0v) is 12.1. The molecule has 1 unspecified atom stereocenters. The fourth-order valence-corrected chi connectivity index (χ4v) is 3.53. The third-order valence-corrected chi connectivity index (χ3v) is 5.30. The van der Waals surface area contributed by atoms with Gasteiger partial charge in [0.1, 0.15) is 5.82 Å². The van der Waals surface area contributed by atoms with Crippen LogP contribution >= 0.6 is 0 Å². The molecule has 0 spiro atoms. The molecular weight excluding hydrogens is 262 g/mol. The Bertz CT molecular complexity index is 484. The topological polar surface area (TPSA) is 62.3 Å². The number of nitrogens with one attached hydrogen (secondary N) is 1. The highest BCUT2D eigenvalue weighted by Crippen LogP contribution is 2.15. The smallest absolute Gasteiger partial charge is 0.236 e. The van der Waals surface area contributed by atoms with E-state index in [9.17, 15) is 8.42 Å². The van der Waals surface area contributed by atoms with E-state index >= 15 is 0 Å². The van der Waals surface area contributed by atoms with Crippen molar-refractivity contribution < 1.29 is 8.42 Å². The van der Waals surface area contributed by atoms with Crippen LogP contribution < -0.4 is 9.62 Å². The van der Waals surface area contributed by atoms with Crippen LogP contribution in [0.2, 0.25) is 0 Å². The first-order valence-electron chi connectivity index (χ1n) is 6.70. The number of rotatable bonds is 5. The predicted molar refractivity (Wildman–Crippen MR) is 76.7 cm³/mol. The van der Waals surface area contributed by atoms with E-state index in [-0.39, 0.29) is 5.75 Å². The van der Waals surface area contributed by atoms with E-state index < -0.39 is 10.0 Å². The second kappa shape index (κ2) is 6.34. The monoisotopic (exact) mass is 283 g/mol. The molecule has 1 saturated heterocycles. The Balaban J connectivity index is 1.94. The lowest BCUT2D eigenvalue weighted by Gasteiger charge is -2.24. The van der Waals surface area contributed by atoms with E-state index in [4.69, 9.17) is 0 Å². The van der Waals surface area contributed by atoms with E-state index in [0.717, 1.165) is 13.0 Å². The fraction of sp³-hybridized carbons (Fsp3) is 0.615. The lowest BCUT2D eigenvalue weighted by atomic mass is 10.0. The lowest BCUT2D eigenvalue weighted by molar-refractivity contribution is 0.392. The molecular formula is C13H21N3O2S. The van der Waals surface area contributed by atoms with Gasteiger partial charge in [0.25, 0.3) is 0 Å². The quantitative estimate of drug-likeness (QED) is 0.887. The molecule has 106 valence electrons. The molecule has 2 rings (SSSR count). The zero-order valence-electron chi connectivity index (χ0n) is 11.2. The number of hydrogen-bond donors (Lipinski definition) is 1. The van der Waals surface area contributed by atoms with Gasteiger partial charge in [0, 0.05) is 19.3 Å². The van der Waals surface area contributed by atoms with E-state index in [1.54, 1.807) is 31.4 Å². The second-order valence-corrected chi connectivity index (χ2v) is 7.03. The van der Waals surface area contributed by atoms with E-state index in [0.29, 0.717) is 18.3 Å². The van der Waals surface area contributed by atoms with Crippen LogP contribution in [-0.2, 0) is 10.0 Å². The van der Waals surface area contributed by atoms with E-state index in [2.05, 4.69) is 10.3 Å². The molecule has 0 aliphatic carbocycles. The fourth-order valence-electron chi connectivity index (χ4n) is 2.28. The first-order chi connectivity index (χ1) is 9.09. The number of nitrogens with zero attached hydrogens (tertiary/aromatic N) is 2. The van der Waals surface area contributed by atoms with Crippen LogP contribution in [0.1, 0.15) is 25.7 Å².